The fraction of sp³-hybridized carbons (Fsp3) is 0.385. The minimum absolute atomic E-state index is 0.0105. The number of hydrogen-bond donors (Lipinski definition) is 3. The van der Waals surface area contributed by atoms with Crippen LogP contribution >= 0.6 is 11.6 Å². The van der Waals surface area contributed by atoms with Crippen molar-refractivity contribution >= 4 is 29.1 Å². The summed E-state index contributed by atoms with van der Waals surface area (Å²) in [5.41, 5.74) is 0.671. The van der Waals surface area contributed by atoms with Crippen molar-refractivity contribution in [3.63, 3.8) is 0 Å². The Kier molecular flexibility index (Phi) is 4.39. The predicted molar refractivity (Wildman–Crippen MR) is 73.3 cm³/mol. The molecule has 1 aromatic carbocycles. The molecular formula is C13H17ClN3O2+. The average Bonchev–Trinajstić information content (AvgIpc) is 2.38. The van der Waals surface area contributed by atoms with Gasteiger partial charge in [0, 0.05) is 10.7 Å². The van der Waals surface area contributed by atoms with Crippen LogP contribution in [0.4, 0.5) is 5.69 Å². The third-order valence-electron chi connectivity index (χ3n) is 3.25. The summed E-state index contributed by atoms with van der Waals surface area (Å²) in [6, 6.07) is 6.74. The Bertz CT molecular complexity index is 493. The highest BCUT2D eigenvalue weighted by Gasteiger charge is 2.29. The van der Waals surface area contributed by atoms with Crippen LogP contribution in [0.25, 0.3) is 0 Å². The van der Waals surface area contributed by atoms with Gasteiger partial charge in [0.05, 0.1) is 13.1 Å². The first-order valence-electron chi connectivity index (χ1n) is 6.24. The Morgan fingerprint density at radius 2 is 2.32 bits per heavy atom. The smallest absolute Gasteiger partial charge is 0.282 e. The zero-order valence-corrected chi connectivity index (χ0v) is 11.5. The maximum absolute atomic E-state index is 12.1. The SMILES string of the molecule is C[C@@H](C(=O)Nc1cccc(Cl)c1)[NH+]1CCNC(=O)C1. The van der Waals surface area contributed by atoms with E-state index in [0.29, 0.717) is 23.8 Å². The summed E-state index contributed by atoms with van der Waals surface area (Å²) in [6.45, 7) is 3.54. The molecule has 0 saturated carbocycles. The van der Waals surface area contributed by atoms with Crippen molar-refractivity contribution in [2.45, 2.75) is 13.0 Å². The zero-order chi connectivity index (χ0) is 13.8. The number of quaternary nitrogens is 1. The molecule has 1 heterocycles. The molecule has 0 radical (unpaired) electrons. The van der Waals surface area contributed by atoms with Crippen LogP contribution in [0, 0.1) is 0 Å². The molecule has 2 rings (SSSR count). The molecule has 2 amide bonds. The molecule has 6 heteroatoms. The van der Waals surface area contributed by atoms with Gasteiger partial charge in [-0.15, -0.1) is 0 Å². The molecule has 1 aromatic rings. The molecule has 0 aliphatic carbocycles. The van der Waals surface area contributed by atoms with Crippen molar-refractivity contribution in [1.82, 2.24) is 5.32 Å². The summed E-state index contributed by atoms with van der Waals surface area (Å²) < 4.78 is 0. The number of benzene rings is 1. The van der Waals surface area contributed by atoms with E-state index in [1.54, 1.807) is 24.3 Å². The van der Waals surface area contributed by atoms with Crippen molar-refractivity contribution in [3.8, 4) is 0 Å². The van der Waals surface area contributed by atoms with E-state index in [2.05, 4.69) is 10.6 Å². The molecule has 19 heavy (non-hydrogen) atoms. The molecule has 5 nitrogen and oxygen atoms in total. The number of carbonyl (C=O) groups is 2. The second-order valence-electron chi connectivity index (χ2n) is 4.66. The van der Waals surface area contributed by atoms with Crippen LogP contribution in [0.15, 0.2) is 24.3 Å². The number of piperazine rings is 1. The van der Waals surface area contributed by atoms with Crippen LogP contribution in [0.3, 0.4) is 0 Å². The van der Waals surface area contributed by atoms with Gasteiger partial charge in [-0.1, -0.05) is 17.7 Å². The molecule has 2 atom stereocenters. The van der Waals surface area contributed by atoms with Gasteiger partial charge in [0.2, 0.25) is 0 Å². The molecule has 1 saturated heterocycles. The number of carbonyl (C=O) groups excluding carboxylic acids is 2. The fourth-order valence-corrected chi connectivity index (χ4v) is 2.28. The first-order valence-corrected chi connectivity index (χ1v) is 6.62. The van der Waals surface area contributed by atoms with Gasteiger partial charge in [0.25, 0.3) is 11.8 Å². The summed E-state index contributed by atoms with van der Waals surface area (Å²) in [5.74, 6) is -0.115. The fourth-order valence-electron chi connectivity index (χ4n) is 2.09. The Balaban J connectivity index is 1.97. The van der Waals surface area contributed by atoms with E-state index in [9.17, 15) is 9.59 Å². The van der Waals surface area contributed by atoms with Gasteiger partial charge in [-0.3, -0.25) is 9.59 Å². The molecule has 1 fully saturated rings. The van der Waals surface area contributed by atoms with Crippen LogP contribution in [-0.2, 0) is 9.59 Å². The predicted octanol–water partition coefficient (Wildman–Crippen LogP) is -0.318. The van der Waals surface area contributed by atoms with Crippen LogP contribution < -0.4 is 15.5 Å². The minimum atomic E-state index is -0.273. The van der Waals surface area contributed by atoms with Crippen LogP contribution in [0.2, 0.25) is 5.02 Å². The Labute approximate surface area is 116 Å². The molecule has 102 valence electrons. The first kappa shape index (κ1) is 13.8. The molecule has 1 aliphatic heterocycles. The second-order valence-corrected chi connectivity index (χ2v) is 5.09. The molecule has 0 aromatic heterocycles. The summed E-state index contributed by atoms with van der Waals surface area (Å²) in [4.78, 5) is 24.4. The largest absolute Gasteiger partial charge is 0.346 e. The van der Waals surface area contributed by atoms with Crippen LogP contribution in [0.1, 0.15) is 6.92 Å². The number of halogens is 1. The van der Waals surface area contributed by atoms with Crippen molar-refractivity contribution in [2.24, 2.45) is 0 Å². The maximum atomic E-state index is 12.1. The third kappa shape index (κ3) is 3.68. The highest BCUT2D eigenvalue weighted by Crippen LogP contribution is 2.14. The summed E-state index contributed by atoms with van der Waals surface area (Å²) in [5, 5.41) is 6.15. The lowest BCUT2D eigenvalue weighted by Crippen LogP contribution is -3.19. The summed E-state index contributed by atoms with van der Waals surface area (Å²) in [6.07, 6.45) is 0. The van der Waals surface area contributed by atoms with Gasteiger partial charge in [-0.2, -0.15) is 0 Å². The molecule has 1 aliphatic rings. The Hall–Kier alpha value is -1.59. The lowest BCUT2D eigenvalue weighted by Gasteiger charge is -2.28. The van der Waals surface area contributed by atoms with E-state index in [1.165, 1.54) is 0 Å². The standard InChI is InChI=1S/C13H16ClN3O2/c1-9(17-6-5-15-12(18)8-17)13(19)16-11-4-2-3-10(14)7-11/h2-4,7,9H,5-6,8H2,1H3,(H,15,18)(H,16,19)/p+1/t9-/m0/s1. The molecule has 3 N–H and O–H groups in total. The highest BCUT2D eigenvalue weighted by atomic mass is 35.5. The summed E-state index contributed by atoms with van der Waals surface area (Å²) >= 11 is 5.87. The summed E-state index contributed by atoms with van der Waals surface area (Å²) in [7, 11) is 0. The molecular weight excluding hydrogens is 266 g/mol. The second kappa shape index (κ2) is 6.04. The highest BCUT2D eigenvalue weighted by molar-refractivity contribution is 6.30. The van der Waals surface area contributed by atoms with Crippen molar-refractivity contribution in [3.05, 3.63) is 29.3 Å². The van der Waals surface area contributed by atoms with E-state index >= 15 is 0 Å². The topological polar surface area (TPSA) is 62.6 Å². The number of hydrogen-bond acceptors (Lipinski definition) is 2. The number of nitrogens with one attached hydrogen (secondary N) is 3. The van der Waals surface area contributed by atoms with Gasteiger partial charge < -0.3 is 15.5 Å². The van der Waals surface area contributed by atoms with Gasteiger partial charge >= 0.3 is 0 Å². The Morgan fingerprint density at radius 1 is 1.53 bits per heavy atom. The minimum Gasteiger partial charge on any atom is -0.346 e. The Morgan fingerprint density at radius 3 is 3.00 bits per heavy atom. The molecule has 0 bridgehead atoms. The average molecular weight is 283 g/mol. The normalized spacial score (nSPS) is 20.5. The van der Waals surface area contributed by atoms with Crippen molar-refractivity contribution in [1.29, 1.82) is 0 Å². The van der Waals surface area contributed by atoms with E-state index in [-0.39, 0.29) is 17.9 Å². The van der Waals surface area contributed by atoms with E-state index in [1.807, 2.05) is 6.92 Å². The van der Waals surface area contributed by atoms with Gasteiger partial charge in [-0.25, -0.2) is 0 Å². The quantitative estimate of drug-likeness (QED) is 0.712. The number of anilines is 1. The zero-order valence-electron chi connectivity index (χ0n) is 10.7. The van der Waals surface area contributed by atoms with Gasteiger partial charge in [0.1, 0.15) is 0 Å². The van der Waals surface area contributed by atoms with Gasteiger partial charge in [-0.05, 0) is 25.1 Å². The number of amides is 2. The van der Waals surface area contributed by atoms with Gasteiger partial charge in [0.15, 0.2) is 12.6 Å². The van der Waals surface area contributed by atoms with E-state index in [4.69, 9.17) is 11.6 Å². The monoisotopic (exact) mass is 282 g/mol. The lowest BCUT2D eigenvalue weighted by molar-refractivity contribution is -0.907. The van der Waals surface area contributed by atoms with E-state index < -0.39 is 0 Å². The molecule has 1 unspecified atom stereocenters. The maximum Gasteiger partial charge on any atom is 0.282 e. The number of rotatable bonds is 3. The first-order chi connectivity index (χ1) is 9.06. The van der Waals surface area contributed by atoms with Crippen molar-refractivity contribution in [2.75, 3.05) is 25.0 Å². The van der Waals surface area contributed by atoms with Crippen LogP contribution in [-0.4, -0.2) is 37.5 Å². The van der Waals surface area contributed by atoms with E-state index in [0.717, 1.165) is 11.4 Å². The molecule has 0 spiro atoms. The van der Waals surface area contributed by atoms with Crippen molar-refractivity contribution < 1.29 is 14.5 Å². The third-order valence-corrected chi connectivity index (χ3v) is 3.49. The van der Waals surface area contributed by atoms with Crippen LogP contribution in [0.5, 0.6) is 0 Å². The lowest BCUT2D eigenvalue weighted by atomic mass is 10.2.